The van der Waals surface area contributed by atoms with Gasteiger partial charge in [0, 0.05) is 30.5 Å². The highest BCUT2D eigenvalue weighted by molar-refractivity contribution is 5.88. The lowest BCUT2D eigenvalue weighted by Crippen LogP contribution is -2.43. The van der Waals surface area contributed by atoms with Crippen LogP contribution in [0, 0.1) is 18.6 Å². The maximum absolute atomic E-state index is 15.4. The Balaban J connectivity index is 1.64. The van der Waals surface area contributed by atoms with Gasteiger partial charge in [0.2, 0.25) is 0 Å². The van der Waals surface area contributed by atoms with Crippen molar-refractivity contribution in [3.8, 4) is 0 Å². The van der Waals surface area contributed by atoms with Crippen LogP contribution in [0.3, 0.4) is 0 Å². The van der Waals surface area contributed by atoms with Gasteiger partial charge >= 0.3 is 6.09 Å². The van der Waals surface area contributed by atoms with Gasteiger partial charge in [0.25, 0.3) is 5.56 Å². The van der Waals surface area contributed by atoms with E-state index in [9.17, 15) is 9.59 Å². The molecule has 9 heteroatoms. The third-order valence-electron chi connectivity index (χ3n) is 5.95. The first-order chi connectivity index (χ1) is 14.9. The van der Waals surface area contributed by atoms with Gasteiger partial charge in [-0.05, 0) is 52.2 Å². The molecule has 1 N–H and O–H groups in total. The Morgan fingerprint density at radius 2 is 1.94 bits per heavy atom. The lowest BCUT2D eigenvalue weighted by Gasteiger charge is -2.26. The highest BCUT2D eigenvalue weighted by atomic mass is 19.2. The first kappa shape index (κ1) is 22.5. The average molecular weight is 451 g/mol. The number of amides is 1. The molecule has 1 amide bonds. The normalized spacial score (nSPS) is 21.3. The fourth-order valence-electron chi connectivity index (χ4n) is 4.40. The van der Waals surface area contributed by atoms with E-state index >= 15 is 13.2 Å². The third-order valence-corrected chi connectivity index (χ3v) is 5.95. The van der Waals surface area contributed by atoms with Crippen molar-refractivity contribution in [2.45, 2.75) is 64.3 Å². The molecule has 1 saturated heterocycles. The van der Waals surface area contributed by atoms with Gasteiger partial charge in [0.1, 0.15) is 11.3 Å². The molecule has 174 valence electrons. The summed E-state index contributed by atoms with van der Waals surface area (Å²) < 4.78 is 52.2. The number of benzene rings is 1. The number of halogens is 3. The number of aryl methyl sites for hydroxylation is 1. The molecule has 32 heavy (non-hydrogen) atoms. The lowest BCUT2D eigenvalue weighted by atomic mass is 10.0. The molecule has 2 heterocycles. The van der Waals surface area contributed by atoms with Crippen molar-refractivity contribution in [2.75, 3.05) is 24.5 Å². The van der Waals surface area contributed by atoms with Gasteiger partial charge in [0.05, 0.1) is 24.3 Å². The van der Waals surface area contributed by atoms with Crippen molar-refractivity contribution < 1.29 is 22.7 Å². The summed E-state index contributed by atoms with van der Waals surface area (Å²) in [6, 6.07) is 2.53. The van der Waals surface area contributed by atoms with Crippen LogP contribution in [0.4, 0.5) is 23.7 Å². The molecule has 1 atom stereocenters. The van der Waals surface area contributed by atoms with Crippen LogP contribution < -0.4 is 15.8 Å². The molecule has 0 bridgehead atoms. The van der Waals surface area contributed by atoms with E-state index in [0.29, 0.717) is 11.1 Å². The van der Waals surface area contributed by atoms with E-state index in [1.165, 1.54) is 21.6 Å². The minimum absolute atomic E-state index is 0.0283. The third kappa shape index (κ3) is 4.17. The van der Waals surface area contributed by atoms with Gasteiger partial charge in [-0.2, -0.15) is 0 Å². The summed E-state index contributed by atoms with van der Waals surface area (Å²) in [4.78, 5) is 25.8. The van der Waals surface area contributed by atoms with Crippen LogP contribution in [-0.4, -0.2) is 41.6 Å². The predicted octanol–water partition coefficient (Wildman–Crippen LogP) is 4.37. The first-order valence-electron chi connectivity index (χ1n) is 10.8. The Hall–Kier alpha value is -2.71. The number of ether oxygens (including phenoxy) is 1. The number of fused-ring (bicyclic) bond motifs is 1. The van der Waals surface area contributed by atoms with E-state index in [4.69, 9.17) is 4.74 Å². The number of carbonyl (C=O) groups is 1. The Morgan fingerprint density at radius 1 is 1.25 bits per heavy atom. The second kappa shape index (κ2) is 7.71. The molecule has 2 aromatic rings. The molecule has 4 rings (SSSR count). The SMILES string of the molecule is Cc1c(N2CCC(F)(CNC(=O)OC(C)(C)C)C2)c(F)c(F)c2ccc(=O)n(C3CC3)c12. The van der Waals surface area contributed by atoms with Gasteiger partial charge in [0.15, 0.2) is 11.6 Å². The minimum atomic E-state index is -1.83. The number of pyridine rings is 1. The van der Waals surface area contributed by atoms with Crippen LogP contribution in [0.25, 0.3) is 10.9 Å². The number of alkyl halides is 1. The number of hydrogen-bond donors (Lipinski definition) is 1. The fourth-order valence-corrected chi connectivity index (χ4v) is 4.40. The number of rotatable bonds is 4. The van der Waals surface area contributed by atoms with E-state index in [-0.39, 0.29) is 48.7 Å². The molecule has 2 fully saturated rings. The Kier molecular flexibility index (Phi) is 5.41. The average Bonchev–Trinajstić information content (AvgIpc) is 3.46. The molecule has 0 radical (unpaired) electrons. The van der Waals surface area contributed by atoms with Crippen LogP contribution in [-0.2, 0) is 4.74 Å². The molecule has 1 aromatic carbocycles. The largest absolute Gasteiger partial charge is 0.444 e. The Morgan fingerprint density at radius 3 is 2.56 bits per heavy atom. The summed E-state index contributed by atoms with van der Waals surface area (Å²) in [6.07, 6.45) is 0.910. The van der Waals surface area contributed by atoms with Crippen LogP contribution in [0.5, 0.6) is 0 Å². The standard InChI is InChI=1S/C23H28F3N3O3/c1-13-19-15(7-8-16(30)29(19)14-5-6-14)17(24)18(25)20(13)28-10-9-23(26,12-28)11-27-21(31)32-22(2,3)4/h7-8,14H,5-6,9-12H2,1-4H3,(H,27,31). The Bertz CT molecular complexity index is 1140. The van der Waals surface area contributed by atoms with E-state index in [1.807, 2.05) is 0 Å². The summed E-state index contributed by atoms with van der Waals surface area (Å²) >= 11 is 0. The van der Waals surface area contributed by atoms with Crippen molar-refractivity contribution in [2.24, 2.45) is 0 Å². The number of nitrogens with one attached hydrogen (secondary N) is 1. The zero-order valence-corrected chi connectivity index (χ0v) is 18.7. The van der Waals surface area contributed by atoms with Crippen molar-refractivity contribution >= 4 is 22.7 Å². The molecule has 1 aromatic heterocycles. The summed E-state index contributed by atoms with van der Waals surface area (Å²) in [5, 5.41) is 2.48. The van der Waals surface area contributed by atoms with Crippen molar-refractivity contribution in [1.82, 2.24) is 9.88 Å². The molecular weight excluding hydrogens is 423 g/mol. The van der Waals surface area contributed by atoms with Crippen molar-refractivity contribution in [1.29, 1.82) is 0 Å². The molecular formula is C23H28F3N3O3. The van der Waals surface area contributed by atoms with E-state index in [0.717, 1.165) is 12.8 Å². The van der Waals surface area contributed by atoms with Crippen LogP contribution >= 0.6 is 0 Å². The lowest BCUT2D eigenvalue weighted by molar-refractivity contribution is 0.0486. The highest BCUT2D eigenvalue weighted by Crippen LogP contribution is 2.41. The topological polar surface area (TPSA) is 63.6 Å². The number of alkyl carbamates (subject to hydrolysis) is 1. The van der Waals surface area contributed by atoms with Gasteiger partial charge in [-0.15, -0.1) is 0 Å². The molecule has 1 unspecified atom stereocenters. The number of hydrogen-bond acceptors (Lipinski definition) is 4. The molecule has 1 aliphatic carbocycles. The molecule has 2 aliphatic rings. The highest BCUT2D eigenvalue weighted by Gasteiger charge is 2.41. The van der Waals surface area contributed by atoms with E-state index in [2.05, 4.69) is 5.32 Å². The number of carbonyl (C=O) groups excluding carboxylic acids is 1. The van der Waals surface area contributed by atoms with E-state index < -0.39 is 29.0 Å². The van der Waals surface area contributed by atoms with Gasteiger partial charge < -0.3 is 19.5 Å². The quantitative estimate of drug-likeness (QED) is 0.750. The summed E-state index contributed by atoms with van der Waals surface area (Å²) in [5.41, 5.74) is -2.07. The van der Waals surface area contributed by atoms with Crippen LogP contribution in [0.1, 0.15) is 51.6 Å². The number of nitrogens with zero attached hydrogens (tertiary/aromatic N) is 2. The molecule has 0 spiro atoms. The minimum Gasteiger partial charge on any atom is -0.444 e. The molecule has 1 saturated carbocycles. The predicted molar refractivity (Wildman–Crippen MR) is 116 cm³/mol. The maximum atomic E-state index is 15.4. The zero-order chi connectivity index (χ0) is 23.4. The van der Waals surface area contributed by atoms with Gasteiger partial charge in [-0.1, -0.05) is 0 Å². The zero-order valence-electron chi connectivity index (χ0n) is 18.7. The van der Waals surface area contributed by atoms with Crippen LogP contribution in [0.2, 0.25) is 0 Å². The summed E-state index contributed by atoms with van der Waals surface area (Å²) in [7, 11) is 0. The molecule has 6 nitrogen and oxygen atoms in total. The molecule has 1 aliphatic heterocycles. The van der Waals surface area contributed by atoms with Gasteiger partial charge in [-0.25, -0.2) is 18.0 Å². The van der Waals surface area contributed by atoms with Crippen molar-refractivity contribution in [3.63, 3.8) is 0 Å². The summed E-state index contributed by atoms with van der Waals surface area (Å²) in [5.74, 6) is -2.10. The Labute approximate surface area is 184 Å². The maximum Gasteiger partial charge on any atom is 0.407 e. The number of anilines is 1. The first-order valence-corrected chi connectivity index (χ1v) is 10.8. The van der Waals surface area contributed by atoms with Crippen LogP contribution in [0.15, 0.2) is 16.9 Å². The second-order valence-electron chi connectivity index (χ2n) is 9.81. The smallest absolute Gasteiger partial charge is 0.407 e. The summed E-state index contributed by atoms with van der Waals surface area (Å²) in [6.45, 7) is 6.38. The monoisotopic (exact) mass is 451 g/mol. The number of aromatic nitrogens is 1. The fraction of sp³-hybridized carbons (Fsp3) is 0.565. The van der Waals surface area contributed by atoms with Gasteiger partial charge in [-0.3, -0.25) is 4.79 Å². The van der Waals surface area contributed by atoms with E-state index in [1.54, 1.807) is 27.7 Å². The second-order valence-corrected chi connectivity index (χ2v) is 9.81. The van der Waals surface area contributed by atoms with Crippen molar-refractivity contribution in [3.05, 3.63) is 39.7 Å².